The Morgan fingerprint density at radius 3 is 2.33 bits per heavy atom. The Hall–Kier alpha value is -2.11. The predicted octanol–water partition coefficient (Wildman–Crippen LogP) is 2.96. The van der Waals surface area contributed by atoms with Crippen molar-refractivity contribution in [1.29, 1.82) is 0 Å². The molecule has 0 amide bonds. The fourth-order valence-corrected chi connectivity index (χ4v) is 1.95. The van der Waals surface area contributed by atoms with Gasteiger partial charge in [-0.05, 0) is 13.8 Å². The van der Waals surface area contributed by atoms with Gasteiger partial charge in [0.1, 0.15) is 17.3 Å². The Kier molecular flexibility index (Phi) is 3.89. The van der Waals surface area contributed by atoms with Crippen LogP contribution in [0.4, 0.5) is 5.82 Å². The summed E-state index contributed by atoms with van der Waals surface area (Å²) in [6.45, 7) is 10.1. The van der Waals surface area contributed by atoms with E-state index >= 15 is 0 Å². The molecule has 2 rings (SSSR count). The van der Waals surface area contributed by atoms with Gasteiger partial charge >= 0.3 is 0 Å². The largest absolute Gasteiger partial charge is 0.435 e. The third-order valence-electron chi connectivity index (χ3n) is 3.28. The molecule has 0 fully saturated rings. The number of hydrogen-bond acceptors (Lipinski definition) is 5. The number of aromatic nitrogens is 4. The summed E-state index contributed by atoms with van der Waals surface area (Å²) in [4.78, 5) is 9.02. The Labute approximate surface area is 125 Å². The summed E-state index contributed by atoms with van der Waals surface area (Å²) in [6, 6.07) is 1.79. The first kappa shape index (κ1) is 15.3. The maximum absolute atomic E-state index is 5.96. The number of aryl methyl sites for hydroxylation is 2. The van der Waals surface area contributed by atoms with Crippen LogP contribution >= 0.6 is 0 Å². The van der Waals surface area contributed by atoms with Crippen molar-refractivity contribution in [2.24, 2.45) is 7.05 Å². The van der Waals surface area contributed by atoms with E-state index in [9.17, 15) is 0 Å². The standard InChI is InChI=1S/C15H23N5O/c1-9-13(10(2)20(7)19-9)21-12-8-11(16-6)17-14(18-12)15(3,4)5/h8H,1-7H3,(H,16,17,18). The van der Waals surface area contributed by atoms with Gasteiger partial charge in [0.05, 0.1) is 5.69 Å². The van der Waals surface area contributed by atoms with Gasteiger partial charge in [0.25, 0.3) is 0 Å². The number of hydrogen-bond donors (Lipinski definition) is 1. The summed E-state index contributed by atoms with van der Waals surface area (Å²) in [5.74, 6) is 2.75. The molecule has 6 heteroatoms. The van der Waals surface area contributed by atoms with Crippen molar-refractivity contribution in [2.45, 2.75) is 40.0 Å². The van der Waals surface area contributed by atoms with E-state index in [2.05, 4.69) is 41.2 Å². The maximum atomic E-state index is 5.96. The van der Waals surface area contributed by atoms with Gasteiger partial charge in [-0.2, -0.15) is 10.1 Å². The van der Waals surface area contributed by atoms with E-state index in [1.807, 2.05) is 27.9 Å². The number of nitrogens with one attached hydrogen (secondary N) is 1. The second-order valence-corrected chi connectivity index (χ2v) is 6.14. The van der Waals surface area contributed by atoms with Crippen molar-refractivity contribution in [3.8, 4) is 11.6 Å². The van der Waals surface area contributed by atoms with Gasteiger partial charge in [-0.15, -0.1) is 0 Å². The fraction of sp³-hybridized carbons (Fsp3) is 0.533. The normalized spacial score (nSPS) is 11.6. The molecule has 114 valence electrons. The molecule has 0 aliphatic heterocycles. The summed E-state index contributed by atoms with van der Waals surface area (Å²) in [5, 5.41) is 7.40. The highest BCUT2D eigenvalue weighted by Crippen LogP contribution is 2.29. The number of nitrogens with zero attached hydrogens (tertiary/aromatic N) is 4. The maximum Gasteiger partial charge on any atom is 0.224 e. The van der Waals surface area contributed by atoms with Crippen LogP contribution in [-0.2, 0) is 12.5 Å². The quantitative estimate of drug-likeness (QED) is 0.941. The van der Waals surface area contributed by atoms with Crippen LogP contribution < -0.4 is 10.1 Å². The second kappa shape index (κ2) is 5.35. The van der Waals surface area contributed by atoms with Gasteiger partial charge in [0.2, 0.25) is 5.88 Å². The van der Waals surface area contributed by atoms with Gasteiger partial charge in [-0.1, -0.05) is 20.8 Å². The van der Waals surface area contributed by atoms with E-state index < -0.39 is 0 Å². The molecule has 0 saturated heterocycles. The molecular formula is C15H23N5O. The minimum atomic E-state index is -0.149. The van der Waals surface area contributed by atoms with Crippen molar-refractivity contribution in [1.82, 2.24) is 19.7 Å². The highest BCUT2D eigenvalue weighted by atomic mass is 16.5. The lowest BCUT2D eigenvalue weighted by molar-refractivity contribution is 0.440. The number of ether oxygens (including phenoxy) is 1. The average molecular weight is 289 g/mol. The molecule has 21 heavy (non-hydrogen) atoms. The lowest BCUT2D eigenvalue weighted by Crippen LogP contribution is -2.17. The van der Waals surface area contributed by atoms with Crippen LogP contribution in [-0.4, -0.2) is 26.8 Å². The molecule has 2 aromatic heterocycles. The average Bonchev–Trinajstić information content (AvgIpc) is 2.64. The molecule has 0 spiro atoms. The first-order valence-electron chi connectivity index (χ1n) is 6.97. The lowest BCUT2D eigenvalue weighted by atomic mass is 9.96. The molecule has 0 aromatic carbocycles. The molecule has 0 atom stereocenters. The van der Waals surface area contributed by atoms with Crippen LogP contribution in [0.5, 0.6) is 11.6 Å². The Balaban J connectivity index is 2.44. The third kappa shape index (κ3) is 3.15. The van der Waals surface area contributed by atoms with E-state index in [1.165, 1.54) is 0 Å². The Morgan fingerprint density at radius 1 is 1.19 bits per heavy atom. The molecule has 0 bridgehead atoms. The summed E-state index contributed by atoms with van der Waals surface area (Å²) in [6.07, 6.45) is 0. The summed E-state index contributed by atoms with van der Waals surface area (Å²) in [7, 11) is 3.73. The molecule has 2 heterocycles. The molecule has 0 radical (unpaired) electrons. The monoisotopic (exact) mass is 289 g/mol. The number of rotatable bonds is 3. The van der Waals surface area contributed by atoms with Gasteiger partial charge < -0.3 is 10.1 Å². The lowest BCUT2D eigenvalue weighted by Gasteiger charge is -2.18. The van der Waals surface area contributed by atoms with Gasteiger partial charge in [0.15, 0.2) is 5.75 Å². The Morgan fingerprint density at radius 2 is 1.86 bits per heavy atom. The summed E-state index contributed by atoms with van der Waals surface area (Å²) < 4.78 is 7.77. The minimum absolute atomic E-state index is 0.149. The summed E-state index contributed by atoms with van der Waals surface area (Å²) >= 11 is 0. The van der Waals surface area contributed by atoms with E-state index in [-0.39, 0.29) is 5.41 Å². The molecule has 1 N–H and O–H groups in total. The zero-order valence-corrected chi connectivity index (χ0v) is 13.8. The zero-order valence-electron chi connectivity index (χ0n) is 13.8. The predicted molar refractivity (Wildman–Crippen MR) is 83.0 cm³/mol. The highest BCUT2D eigenvalue weighted by Gasteiger charge is 2.20. The van der Waals surface area contributed by atoms with E-state index in [1.54, 1.807) is 10.7 Å². The first-order valence-corrected chi connectivity index (χ1v) is 6.97. The summed E-state index contributed by atoms with van der Waals surface area (Å²) in [5.41, 5.74) is 1.66. The van der Waals surface area contributed by atoms with Gasteiger partial charge in [-0.3, -0.25) is 4.68 Å². The van der Waals surface area contributed by atoms with Crippen LogP contribution in [0, 0.1) is 13.8 Å². The van der Waals surface area contributed by atoms with E-state index in [0.717, 1.165) is 28.8 Å². The van der Waals surface area contributed by atoms with Crippen molar-refractivity contribution >= 4 is 5.82 Å². The van der Waals surface area contributed by atoms with Crippen LogP contribution in [0.25, 0.3) is 0 Å². The smallest absolute Gasteiger partial charge is 0.224 e. The SMILES string of the molecule is CNc1cc(Oc2c(C)nn(C)c2C)nc(C(C)(C)C)n1. The first-order chi connectivity index (χ1) is 9.72. The second-order valence-electron chi connectivity index (χ2n) is 6.14. The van der Waals surface area contributed by atoms with Crippen LogP contribution in [0.3, 0.4) is 0 Å². The van der Waals surface area contributed by atoms with E-state index in [0.29, 0.717) is 5.88 Å². The van der Waals surface area contributed by atoms with Gasteiger partial charge in [-0.25, -0.2) is 4.98 Å². The molecule has 0 unspecified atom stereocenters. The van der Waals surface area contributed by atoms with Crippen molar-refractivity contribution in [3.05, 3.63) is 23.3 Å². The van der Waals surface area contributed by atoms with Crippen molar-refractivity contribution in [3.63, 3.8) is 0 Å². The fourth-order valence-electron chi connectivity index (χ4n) is 1.95. The molecule has 6 nitrogen and oxygen atoms in total. The van der Waals surface area contributed by atoms with E-state index in [4.69, 9.17) is 4.74 Å². The topological polar surface area (TPSA) is 64.9 Å². The van der Waals surface area contributed by atoms with Crippen LogP contribution in [0.1, 0.15) is 38.0 Å². The minimum Gasteiger partial charge on any atom is -0.435 e. The molecule has 0 aliphatic carbocycles. The number of anilines is 1. The third-order valence-corrected chi connectivity index (χ3v) is 3.28. The van der Waals surface area contributed by atoms with Crippen molar-refractivity contribution in [2.75, 3.05) is 12.4 Å². The Bertz CT molecular complexity index is 655. The molecule has 0 aliphatic rings. The van der Waals surface area contributed by atoms with Gasteiger partial charge in [0, 0.05) is 25.6 Å². The molecule has 0 saturated carbocycles. The van der Waals surface area contributed by atoms with Crippen molar-refractivity contribution < 1.29 is 4.74 Å². The highest BCUT2D eigenvalue weighted by molar-refractivity contribution is 5.42. The molecule has 2 aromatic rings. The van der Waals surface area contributed by atoms with Crippen LogP contribution in [0.2, 0.25) is 0 Å². The zero-order chi connectivity index (χ0) is 15.8. The molecular weight excluding hydrogens is 266 g/mol. The van der Waals surface area contributed by atoms with Crippen LogP contribution in [0.15, 0.2) is 6.07 Å².